The summed E-state index contributed by atoms with van der Waals surface area (Å²) >= 11 is 0. The first-order valence-corrected chi connectivity index (χ1v) is 3.60. The van der Waals surface area contributed by atoms with E-state index in [9.17, 15) is 9.59 Å². The molecule has 0 aliphatic carbocycles. The minimum atomic E-state index is -0.991. The van der Waals surface area contributed by atoms with Crippen LogP contribution in [0.5, 0.6) is 0 Å². The number of carboxylic acid groups (broad SMARTS) is 1. The molecule has 4 nitrogen and oxygen atoms in total. The molecule has 0 aromatic carbocycles. The number of carbonyl (C=O) groups is 1. The summed E-state index contributed by atoms with van der Waals surface area (Å²) in [5.41, 5.74) is 0.195. The van der Waals surface area contributed by atoms with E-state index in [2.05, 4.69) is 4.99 Å². The summed E-state index contributed by atoms with van der Waals surface area (Å²) in [7, 11) is 0. The zero-order valence-corrected chi connectivity index (χ0v) is 7.07. The van der Waals surface area contributed by atoms with Gasteiger partial charge in [-0.15, -0.1) is 0 Å². The van der Waals surface area contributed by atoms with Crippen LogP contribution >= 0.6 is 0 Å². The zero-order valence-electron chi connectivity index (χ0n) is 7.07. The Morgan fingerprint density at radius 1 is 1.75 bits per heavy atom. The second-order valence-corrected chi connectivity index (χ2v) is 2.35. The number of hydrogen-bond acceptors (Lipinski definition) is 3. The maximum absolute atomic E-state index is 10.3. The fourth-order valence-corrected chi connectivity index (χ4v) is 0.674. The smallest absolute Gasteiger partial charge is 0.331 e. The highest BCUT2D eigenvalue weighted by Crippen LogP contribution is 2.03. The van der Waals surface area contributed by atoms with Crippen LogP contribution in [0, 0.1) is 0 Å². The summed E-state index contributed by atoms with van der Waals surface area (Å²) in [6.45, 7) is 3.28. The molecule has 0 heterocycles. The molecule has 0 fully saturated rings. The molecule has 0 bridgehead atoms. The molecule has 1 N–H and O–H groups in total. The Hall–Kier alpha value is -1.41. The maximum Gasteiger partial charge on any atom is 0.331 e. The van der Waals surface area contributed by atoms with Crippen molar-refractivity contribution in [1.29, 1.82) is 0 Å². The standard InChI is InChI=1S/C8H11NO3/c1-3-7(9-5-10)4-6(2)8(11)12/h4,7H,3H2,1-2H3,(H,11,12). The Morgan fingerprint density at radius 2 is 2.33 bits per heavy atom. The molecule has 0 saturated heterocycles. The molecule has 0 aromatic heterocycles. The molecule has 0 rings (SSSR count). The Labute approximate surface area is 70.6 Å². The number of rotatable bonds is 4. The highest BCUT2D eigenvalue weighted by atomic mass is 16.4. The zero-order chi connectivity index (χ0) is 9.56. The van der Waals surface area contributed by atoms with Gasteiger partial charge in [-0.05, 0) is 19.4 Å². The number of carboxylic acids is 1. The van der Waals surface area contributed by atoms with E-state index in [1.807, 2.05) is 6.92 Å². The van der Waals surface area contributed by atoms with E-state index >= 15 is 0 Å². The lowest BCUT2D eigenvalue weighted by atomic mass is 10.1. The number of isocyanates is 1. The monoisotopic (exact) mass is 169 g/mol. The van der Waals surface area contributed by atoms with Crippen LogP contribution in [0.25, 0.3) is 0 Å². The Kier molecular flexibility index (Phi) is 4.65. The van der Waals surface area contributed by atoms with Gasteiger partial charge in [0.25, 0.3) is 0 Å². The summed E-state index contributed by atoms with van der Waals surface area (Å²) < 4.78 is 0. The van der Waals surface area contributed by atoms with Crippen molar-refractivity contribution in [1.82, 2.24) is 0 Å². The average Bonchev–Trinajstić information content (AvgIpc) is 2.03. The molecule has 1 atom stereocenters. The van der Waals surface area contributed by atoms with E-state index in [4.69, 9.17) is 5.11 Å². The van der Waals surface area contributed by atoms with Gasteiger partial charge < -0.3 is 5.11 Å². The van der Waals surface area contributed by atoms with Gasteiger partial charge in [0, 0.05) is 5.57 Å². The molecule has 0 radical (unpaired) electrons. The van der Waals surface area contributed by atoms with Gasteiger partial charge in [0.05, 0.1) is 6.04 Å². The molecule has 0 aliphatic heterocycles. The van der Waals surface area contributed by atoms with E-state index in [1.165, 1.54) is 19.1 Å². The number of aliphatic carboxylic acids is 1. The lowest BCUT2D eigenvalue weighted by Crippen LogP contribution is -2.03. The van der Waals surface area contributed by atoms with E-state index < -0.39 is 5.97 Å². The van der Waals surface area contributed by atoms with Crippen LogP contribution in [0.2, 0.25) is 0 Å². The van der Waals surface area contributed by atoms with Crippen LogP contribution in [0.1, 0.15) is 20.3 Å². The topological polar surface area (TPSA) is 66.7 Å². The maximum atomic E-state index is 10.3. The van der Waals surface area contributed by atoms with Crippen molar-refractivity contribution in [3.63, 3.8) is 0 Å². The molecule has 0 saturated carbocycles. The molecule has 0 amide bonds. The largest absolute Gasteiger partial charge is 0.478 e. The summed E-state index contributed by atoms with van der Waals surface area (Å²) in [6, 6.07) is -0.362. The predicted octanol–water partition coefficient (Wildman–Crippen LogP) is 1.13. The Bertz CT molecular complexity index is 239. The second-order valence-electron chi connectivity index (χ2n) is 2.35. The van der Waals surface area contributed by atoms with Gasteiger partial charge >= 0.3 is 5.97 Å². The third kappa shape index (κ3) is 3.68. The number of nitrogens with zero attached hydrogens (tertiary/aromatic N) is 1. The van der Waals surface area contributed by atoms with Crippen LogP contribution in [-0.4, -0.2) is 23.2 Å². The lowest BCUT2D eigenvalue weighted by Gasteiger charge is -2.00. The molecule has 0 aromatic rings. The van der Waals surface area contributed by atoms with E-state index in [0.29, 0.717) is 6.42 Å². The molecule has 66 valence electrons. The highest BCUT2D eigenvalue weighted by molar-refractivity contribution is 5.85. The van der Waals surface area contributed by atoms with Gasteiger partial charge in [0.2, 0.25) is 6.08 Å². The molecular weight excluding hydrogens is 158 g/mol. The van der Waals surface area contributed by atoms with E-state index in [1.54, 1.807) is 0 Å². The Balaban J connectivity index is 4.45. The third-order valence-corrected chi connectivity index (χ3v) is 1.42. The quantitative estimate of drug-likeness (QED) is 0.389. The first kappa shape index (κ1) is 10.6. The van der Waals surface area contributed by atoms with Gasteiger partial charge in [-0.25, -0.2) is 9.59 Å². The van der Waals surface area contributed by atoms with Crippen molar-refractivity contribution in [2.45, 2.75) is 26.3 Å². The van der Waals surface area contributed by atoms with Crippen molar-refractivity contribution in [2.75, 3.05) is 0 Å². The molecule has 4 heteroatoms. The minimum absolute atomic E-state index is 0.195. The predicted molar refractivity (Wildman–Crippen MR) is 43.6 cm³/mol. The van der Waals surface area contributed by atoms with E-state index in [-0.39, 0.29) is 11.6 Å². The molecule has 0 aliphatic rings. The van der Waals surface area contributed by atoms with E-state index in [0.717, 1.165) is 0 Å². The van der Waals surface area contributed by atoms with Crippen LogP contribution in [-0.2, 0) is 9.59 Å². The summed E-state index contributed by atoms with van der Waals surface area (Å²) in [4.78, 5) is 23.6. The molecule has 12 heavy (non-hydrogen) atoms. The average molecular weight is 169 g/mol. The van der Waals surface area contributed by atoms with Crippen LogP contribution in [0.4, 0.5) is 0 Å². The SMILES string of the molecule is CCC(C=C(C)C(=O)O)N=C=O. The van der Waals surface area contributed by atoms with Crippen molar-refractivity contribution >= 4 is 12.0 Å². The first-order chi connectivity index (χ1) is 5.61. The highest BCUT2D eigenvalue weighted by Gasteiger charge is 2.04. The molecular formula is C8H11NO3. The number of carbonyl (C=O) groups excluding carboxylic acids is 1. The van der Waals surface area contributed by atoms with Crippen LogP contribution in [0.3, 0.4) is 0 Å². The van der Waals surface area contributed by atoms with Gasteiger partial charge in [0.15, 0.2) is 0 Å². The second kappa shape index (κ2) is 5.27. The normalized spacial score (nSPS) is 13.3. The summed E-state index contributed by atoms with van der Waals surface area (Å²) in [5.74, 6) is -0.991. The van der Waals surface area contributed by atoms with Gasteiger partial charge in [-0.2, -0.15) is 4.99 Å². The van der Waals surface area contributed by atoms with Crippen LogP contribution in [0.15, 0.2) is 16.6 Å². The number of aliphatic imine (C=N–C) groups is 1. The fourth-order valence-electron chi connectivity index (χ4n) is 0.674. The molecule has 0 spiro atoms. The van der Waals surface area contributed by atoms with Crippen molar-refractivity contribution < 1.29 is 14.7 Å². The van der Waals surface area contributed by atoms with Gasteiger partial charge in [-0.1, -0.05) is 6.92 Å². The minimum Gasteiger partial charge on any atom is -0.478 e. The summed E-state index contributed by atoms with van der Waals surface area (Å²) in [6.07, 6.45) is 3.44. The van der Waals surface area contributed by atoms with Gasteiger partial charge in [0.1, 0.15) is 0 Å². The van der Waals surface area contributed by atoms with Crippen molar-refractivity contribution in [3.8, 4) is 0 Å². The lowest BCUT2D eigenvalue weighted by molar-refractivity contribution is -0.132. The van der Waals surface area contributed by atoms with Crippen molar-refractivity contribution in [3.05, 3.63) is 11.6 Å². The number of hydrogen-bond donors (Lipinski definition) is 1. The molecule has 1 unspecified atom stereocenters. The van der Waals surface area contributed by atoms with Crippen molar-refractivity contribution in [2.24, 2.45) is 4.99 Å². The van der Waals surface area contributed by atoms with Crippen LogP contribution < -0.4 is 0 Å². The third-order valence-electron chi connectivity index (χ3n) is 1.42. The van der Waals surface area contributed by atoms with Gasteiger partial charge in [-0.3, -0.25) is 0 Å². The fraction of sp³-hybridized carbons (Fsp3) is 0.500. The first-order valence-electron chi connectivity index (χ1n) is 3.60. The Morgan fingerprint density at radius 3 is 2.67 bits per heavy atom. The summed E-state index contributed by atoms with van der Waals surface area (Å²) in [5, 5.41) is 8.49.